The van der Waals surface area contributed by atoms with Crippen LogP contribution in [0.3, 0.4) is 0 Å². The van der Waals surface area contributed by atoms with E-state index in [1.807, 2.05) is 106 Å². The van der Waals surface area contributed by atoms with Crippen LogP contribution in [0.5, 0.6) is 0 Å². The first-order chi connectivity index (χ1) is 53.8. The fourth-order valence-electron chi connectivity index (χ4n) is 11.9. The van der Waals surface area contributed by atoms with Crippen LogP contribution >= 0.6 is 21.6 Å². The Balaban J connectivity index is 1.03. The molecule has 630 valence electrons. The molecule has 7 rings (SSSR count). The fourth-order valence-corrected chi connectivity index (χ4v) is 13.7. The van der Waals surface area contributed by atoms with Gasteiger partial charge in [-0.1, -0.05) is 16.9 Å². The third-order valence-electron chi connectivity index (χ3n) is 17.6. The lowest BCUT2D eigenvalue weighted by atomic mass is 9.97. The number of rotatable bonds is 44. The van der Waals surface area contributed by atoms with E-state index >= 15 is 0 Å². The molecule has 0 aliphatic carbocycles. The number of piperidine rings is 3. The maximum absolute atomic E-state index is 12.7. The van der Waals surface area contributed by atoms with Crippen molar-refractivity contribution in [3.63, 3.8) is 0 Å². The smallest absolute Gasteiger partial charge is 0.407 e. The number of ketones is 1. The van der Waals surface area contributed by atoms with Gasteiger partial charge in [-0.15, -0.1) is 0 Å². The Morgan fingerprint density at radius 3 is 1.24 bits per heavy atom. The number of nitrogens with zero attached hydrogens (tertiary/aromatic N) is 15. The molecule has 4 amide bonds. The maximum Gasteiger partial charge on any atom is 0.407 e. The van der Waals surface area contributed by atoms with Crippen LogP contribution in [0.1, 0.15) is 167 Å². The van der Waals surface area contributed by atoms with Crippen molar-refractivity contribution in [1.29, 1.82) is 0 Å². The minimum Gasteiger partial charge on any atom is -0.463 e. The average Bonchev–Trinajstić information content (AvgIpc) is 0.844. The molecule has 0 saturated carbocycles. The number of Topliss-reactive ketones (excluding diaryl/α,β-unsaturated/α-hetero) is 1. The Morgan fingerprint density at radius 1 is 0.469 bits per heavy atom. The van der Waals surface area contributed by atoms with E-state index in [9.17, 15) is 28.8 Å². The van der Waals surface area contributed by atoms with Crippen LogP contribution in [0.25, 0.3) is 0 Å². The molecule has 10 N–H and O–H groups in total. The summed E-state index contributed by atoms with van der Waals surface area (Å²) >= 11 is 0. The number of carbonyl (C=O) groups excluding carboxylic acids is 6. The Hall–Kier alpha value is -8.78. The number of carbonyl (C=O) groups is 6. The predicted octanol–water partition coefficient (Wildman–Crippen LogP) is 8.93. The van der Waals surface area contributed by atoms with Gasteiger partial charge in [0.25, 0.3) is 0 Å². The number of anilines is 9. The average molecular weight is 1620 g/mol. The lowest BCUT2D eigenvalue weighted by Gasteiger charge is -2.33. The highest BCUT2D eigenvalue weighted by Crippen LogP contribution is 2.31. The summed E-state index contributed by atoms with van der Waals surface area (Å²) in [4.78, 5) is 134. The van der Waals surface area contributed by atoms with E-state index in [4.69, 9.17) is 79.0 Å². The van der Waals surface area contributed by atoms with E-state index in [0.717, 1.165) is 62.4 Å². The first-order valence-electron chi connectivity index (χ1n) is 39.8. The minimum atomic E-state index is -0.664. The third kappa shape index (κ3) is 37.4. The van der Waals surface area contributed by atoms with Gasteiger partial charge in [0.2, 0.25) is 53.5 Å². The summed E-state index contributed by atoms with van der Waals surface area (Å²) in [5.41, 5.74) is 3.54. The van der Waals surface area contributed by atoms with Crippen molar-refractivity contribution in [2.75, 3.05) is 196 Å². The second-order valence-electron chi connectivity index (χ2n) is 32.2. The summed E-state index contributed by atoms with van der Waals surface area (Å²) in [6.45, 7) is 33.8. The number of pyridine rings is 1. The number of alkyl carbamates (subject to hydrolysis) is 4. The summed E-state index contributed by atoms with van der Waals surface area (Å²) in [5.74, 6) is 5.38. The number of hydrogen-bond acceptors (Lipinski definition) is 34. The number of esters is 1. The molecule has 0 radical (unpaired) electrons. The van der Waals surface area contributed by atoms with Crippen LogP contribution in [-0.2, 0) is 38.0 Å². The number of ether oxygens (including phenoxy) is 6. The highest BCUT2D eigenvalue weighted by atomic mass is 33.1. The molecule has 113 heavy (non-hydrogen) atoms. The maximum atomic E-state index is 12.7. The van der Waals surface area contributed by atoms with Gasteiger partial charge >= 0.3 is 30.3 Å². The molecule has 3 fully saturated rings. The van der Waals surface area contributed by atoms with Crippen LogP contribution in [0.15, 0.2) is 29.4 Å². The molecule has 4 aromatic heterocycles. The van der Waals surface area contributed by atoms with Gasteiger partial charge in [-0.2, -0.15) is 44.9 Å². The lowest BCUT2D eigenvalue weighted by Crippen LogP contribution is -2.39. The zero-order valence-electron chi connectivity index (χ0n) is 68.8. The van der Waals surface area contributed by atoms with Crippen molar-refractivity contribution in [2.24, 2.45) is 23.5 Å². The summed E-state index contributed by atoms with van der Waals surface area (Å²) < 4.78 is 33.0. The molecule has 0 bridgehead atoms. The van der Waals surface area contributed by atoms with E-state index in [2.05, 4.69) is 67.1 Å². The largest absolute Gasteiger partial charge is 0.463 e. The molecule has 3 aliphatic heterocycles. The van der Waals surface area contributed by atoms with E-state index < -0.39 is 52.7 Å². The number of nitrogens with two attached hydrogens (primary N) is 1. The van der Waals surface area contributed by atoms with E-state index in [0.29, 0.717) is 196 Å². The molecule has 36 nitrogen and oxygen atoms in total. The second kappa shape index (κ2) is 46.5. The number of nitrogens with one attached hydrogen (secondary N) is 8. The van der Waals surface area contributed by atoms with Gasteiger partial charge < -0.3 is 106 Å². The highest BCUT2D eigenvalue weighted by molar-refractivity contribution is 8.76. The fraction of sp³-hybridized carbons (Fsp3) is 0.733. The summed E-state index contributed by atoms with van der Waals surface area (Å²) in [5, 5.41) is 26.4. The topological polar surface area (TPSA) is 425 Å². The Bertz CT molecular complexity index is 3480. The standard InChI is InChI=1S/C75H126N24O12S2/c1-53(100)21-22-58(101)107-48-47-106-46-34-78-59-87-64(95(36-16-30-80-68(102)108-72(2,3)4)37-17-31-81-69(103)109-73(5,6)7)93-66(88-59)98-42-25-55(26-43-98)51-84-61-86-62(92-63(91-61)97-40-23-54(50-76)24-41-97)85-52-56-27-44-99(45-28-56)67-90-60(79-35-49-112-113-57-20-14-15-29-77-57)89-65(94-67)96(38-18-32-82-70(104)110-74(8,9)10)39-19-33-83-71(105)111-75(11,12)13/h14-15,20,29,54-56H,16-19,21-28,30-52,76H2,1-13H3,(H,80,102)(H,81,103)(H,82,104)(H,83,105)(H,78,87,88,93)(H,79,89,90,94)(H2,84,85,86,91,92). The van der Waals surface area contributed by atoms with E-state index in [-0.39, 0.29) is 50.3 Å². The predicted molar refractivity (Wildman–Crippen MR) is 441 cm³/mol. The van der Waals surface area contributed by atoms with Crippen LogP contribution in [-0.4, -0.2) is 258 Å². The van der Waals surface area contributed by atoms with Gasteiger partial charge in [-0.3, -0.25) is 4.79 Å². The molecular formula is C75H126N24O12S2. The molecule has 0 aromatic carbocycles. The quantitative estimate of drug-likeness (QED) is 0.00863. The van der Waals surface area contributed by atoms with Gasteiger partial charge in [-0.05, 0) is 201 Å². The monoisotopic (exact) mass is 1620 g/mol. The summed E-state index contributed by atoms with van der Waals surface area (Å²) in [6, 6.07) is 5.85. The molecule has 7 heterocycles. The molecule has 4 aromatic rings. The Kier molecular flexibility index (Phi) is 37.7. The zero-order chi connectivity index (χ0) is 81.8. The van der Waals surface area contributed by atoms with Crippen molar-refractivity contribution < 1.29 is 57.2 Å². The lowest BCUT2D eigenvalue weighted by molar-refractivity contribution is -0.146. The SMILES string of the molecule is CC(=O)CCC(=O)OCCOCCNc1nc(N(CCCNC(=O)OC(C)(C)C)CCCNC(=O)OC(C)(C)C)nc(N2CCC(CNc3nc(NCC4CCN(c5nc(NCCSSc6ccccn6)nc(N(CCCNC(=O)OC(C)(C)C)CCCNC(=O)OC(C)(C)C)n5)CC4)nc(N4CCC(CN)CC4)n3)CC2)n1. The molecular weight excluding hydrogens is 1490 g/mol. The van der Waals surface area contributed by atoms with E-state index in [1.54, 1.807) is 27.8 Å². The van der Waals surface area contributed by atoms with Gasteiger partial charge in [0, 0.05) is 136 Å². The number of hydrogen-bond donors (Lipinski definition) is 9. The highest BCUT2D eigenvalue weighted by Gasteiger charge is 2.30. The molecule has 0 unspecified atom stereocenters. The van der Waals surface area contributed by atoms with Crippen LogP contribution in [0, 0.1) is 17.8 Å². The van der Waals surface area contributed by atoms with Gasteiger partial charge in [0.05, 0.1) is 19.6 Å². The first-order valence-corrected chi connectivity index (χ1v) is 42.1. The van der Waals surface area contributed by atoms with Gasteiger partial charge in [0.1, 0.15) is 39.8 Å². The van der Waals surface area contributed by atoms with Crippen LogP contribution in [0.4, 0.5) is 72.7 Å². The Labute approximate surface area is 674 Å². The molecule has 38 heteroatoms. The number of aromatic nitrogens is 10. The van der Waals surface area contributed by atoms with Crippen molar-refractivity contribution in [3.8, 4) is 0 Å². The van der Waals surface area contributed by atoms with Gasteiger partial charge in [-0.25, -0.2) is 24.2 Å². The normalized spacial score (nSPS) is 14.7. The third-order valence-corrected chi connectivity index (χ3v) is 19.8. The van der Waals surface area contributed by atoms with Gasteiger partial charge in [0.15, 0.2) is 0 Å². The molecule has 3 saturated heterocycles. The molecule has 0 spiro atoms. The van der Waals surface area contributed by atoms with Crippen molar-refractivity contribution in [2.45, 2.75) is 194 Å². The van der Waals surface area contributed by atoms with E-state index in [1.165, 1.54) is 6.92 Å². The van der Waals surface area contributed by atoms with Crippen molar-refractivity contribution >= 4 is 111 Å². The molecule has 0 atom stereocenters. The van der Waals surface area contributed by atoms with Crippen molar-refractivity contribution in [3.05, 3.63) is 24.4 Å². The summed E-state index contributed by atoms with van der Waals surface area (Å²) in [6.07, 6.45) is 7.19. The second-order valence-corrected chi connectivity index (χ2v) is 34.6. The van der Waals surface area contributed by atoms with Crippen LogP contribution in [0.2, 0.25) is 0 Å². The Morgan fingerprint density at radius 2 is 0.858 bits per heavy atom. The van der Waals surface area contributed by atoms with Crippen molar-refractivity contribution in [1.82, 2.24) is 71.1 Å². The molecule has 3 aliphatic rings. The summed E-state index contributed by atoms with van der Waals surface area (Å²) in [7, 11) is 3.29. The minimum absolute atomic E-state index is 0.0191. The zero-order valence-corrected chi connectivity index (χ0v) is 70.4. The number of amides is 4. The first kappa shape index (κ1) is 91.4. The van der Waals surface area contributed by atoms with Crippen LogP contribution < -0.4 is 72.8 Å².